The third-order valence-electron chi connectivity index (χ3n) is 4.20. The lowest BCUT2D eigenvalue weighted by atomic mass is 9.98. The molecule has 2 aliphatic carbocycles. The molecule has 2 unspecified atom stereocenters. The molecule has 2 saturated carbocycles. The zero-order valence-electron chi connectivity index (χ0n) is 9.23. The van der Waals surface area contributed by atoms with Crippen LogP contribution < -0.4 is 0 Å². The van der Waals surface area contributed by atoms with E-state index in [2.05, 4.69) is 17.1 Å². The molecule has 1 aromatic heterocycles. The van der Waals surface area contributed by atoms with E-state index in [0.29, 0.717) is 0 Å². The van der Waals surface area contributed by atoms with Gasteiger partial charge in [0.25, 0.3) is 0 Å². The third-order valence-corrected chi connectivity index (χ3v) is 4.20. The number of hydrogen-bond donors (Lipinski definition) is 0. The monoisotopic (exact) mass is 201 g/mol. The maximum atomic E-state index is 4.19. The summed E-state index contributed by atoms with van der Waals surface area (Å²) in [4.78, 5) is 4.19. The molecule has 1 heteroatoms. The second-order valence-corrected chi connectivity index (χ2v) is 5.27. The van der Waals surface area contributed by atoms with Crippen molar-refractivity contribution in [2.45, 2.75) is 38.5 Å². The quantitative estimate of drug-likeness (QED) is 0.730. The van der Waals surface area contributed by atoms with Gasteiger partial charge in [-0.3, -0.25) is 4.98 Å². The van der Waals surface area contributed by atoms with E-state index in [0.717, 1.165) is 17.8 Å². The summed E-state index contributed by atoms with van der Waals surface area (Å²) in [5.74, 6) is 3.12. The van der Waals surface area contributed by atoms with Crippen LogP contribution >= 0.6 is 0 Å². The Morgan fingerprint density at radius 3 is 2.87 bits per heavy atom. The molecule has 0 saturated heterocycles. The minimum absolute atomic E-state index is 0.984. The van der Waals surface area contributed by atoms with Crippen LogP contribution in [0.2, 0.25) is 0 Å². The minimum Gasteiger partial charge on any atom is -0.264 e. The van der Waals surface area contributed by atoms with E-state index in [1.807, 2.05) is 12.4 Å². The summed E-state index contributed by atoms with van der Waals surface area (Å²) in [6.45, 7) is 0. The molecule has 1 heterocycles. The minimum atomic E-state index is 0.984. The Labute approximate surface area is 91.9 Å². The molecule has 1 aromatic rings. The number of nitrogens with zero attached hydrogens (tertiary/aromatic N) is 1. The lowest BCUT2D eigenvalue weighted by Crippen LogP contribution is -2.00. The molecule has 2 atom stereocenters. The standard InChI is InChI=1S/C14H19N/c1-2-6-12(5-1)14-9-13(14)8-11-4-3-7-15-10-11/h3-4,7,10,12-14H,1-2,5-6,8-9H2. The molecule has 15 heavy (non-hydrogen) atoms. The summed E-state index contributed by atoms with van der Waals surface area (Å²) < 4.78 is 0. The van der Waals surface area contributed by atoms with Gasteiger partial charge in [-0.05, 0) is 42.2 Å². The van der Waals surface area contributed by atoms with E-state index >= 15 is 0 Å². The van der Waals surface area contributed by atoms with E-state index in [-0.39, 0.29) is 0 Å². The Hall–Kier alpha value is -0.850. The summed E-state index contributed by atoms with van der Waals surface area (Å²) in [5.41, 5.74) is 1.43. The first-order valence-electron chi connectivity index (χ1n) is 6.32. The van der Waals surface area contributed by atoms with E-state index in [9.17, 15) is 0 Å². The van der Waals surface area contributed by atoms with Gasteiger partial charge in [0.1, 0.15) is 0 Å². The molecule has 3 rings (SSSR count). The zero-order valence-corrected chi connectivity index (χ0v) is 9.23. The van der Waals surface area contributed by atoms with E-state index in [4.69, 9.17) is 0 Å². The predicted octanol–water partition coefficient (Wildman–Crippen LogP) is 3.45. The van der Waals surface area contributed by atoms with Crippen LogP contribution in [0, 0.1) is 17.8 Å². The van der Waals surface area contributed by atoms with Gasteiger partial charge in [-0.1, -0.05) is 31.7 Å². The highest BCUT2D eigenvalue weighted by molar-refractivity contribution is 5.12. The van der Waals surface area contributed by atoms with Crippen LogP contribution in [0.1, 0.15) is 37.7 Å². The molecule has 0 radical (unpaired) electrons. The van der Waals surface area contributed by atoms with Gasteiger partial charge >= 0.3 is 0 Å². The van der Waals surface area contributed by atoms with Crippen LogP contribution in [0.25, 0.3) is 0 Å². The largest absolute Gasteiger partial charge is 0.264 e. The fraction of sp³-hybridized carbons (Fsp3) is 0.643. The van der Waals surface area contributed by atoms with Gasteiger partial charge in [0.15, 0.2) is 0 Å². The van der Waals surface area contributed by atoms with Crippen LogP contribution in [-0.2, 0) is 6.42 Å². The smallest absolute Gasteiger partial charge is 0.0299 e. The highest BCUT2D eigenvalue weighted by Gasteiger charge is 2.42. The topological polar surface area (TPSA) is 12.9 Å². The maximum Gasteiger partial charge on any atom is 0.0299 e. The molecule has 80 valence electrons. The summed E-state index contributed by atoms with van der Waals surface area (Å²) in [7, 11) is 0. The Bertz CT molecular complexity index is 313. The molecular weight excluding hydrogens is 182 g/mol. The van der Waals surface area contributed by atoms with Crippen molar-refractivity contribution in [3.63, 3.8) is 0 Å². The Kier molecular flexibility index (Phi) is 2.47. The average Bonchev–Trinajstić information content (AvgIpc) is 2.82. The Balaban J connectivity index is 1.54. The first kappa shape index (κ1) is 9.38. The number of aromatic nitrogens is 1. The van der Waals surface area contributed by atoms with Gasteiger partial charge in [0.2, 0.25) is 0 Å². The summed E-state index contributed by atoms with van der Waals surface area (Å²) >= 11 is 0. The molecule has 2 aliphatic rings. The third kappa shape index (κ3) is 2.06. The van der Waals surface area contributed by atoms with Crippen molar-refractivity contribution >= 4 is 0 Å². The van der Waals surface area contributed by atoms with Crippen molar-refractivity contribution in [1.29, 1.82) is 0 Å². The lowest BCUT2D eigenvalue weighted by Gasteiger charge is -2.07. The van der Waals surface area contributed by atoms with Crippen LogP contribution in [0.4, 0.5) is 0 Å². The van der Waals surface area contributed by atoms with E-state index < -0.39 is 0 Å². The van der Waals surface area contributed by atoms with Crippen molar-refractivity contribution < 1.29 is 0 Å². The van der Waals surface area contributed by atoms with Gasteiger partial charge in [0, 0.05) is 12.4 Å². The van der Waals surface area contributed by atoms with Crippen LogP contribution in [-0.4, -0.2) is 4.98 Å². The van der Waals surface area contributed by atoms with Crippen LogP contribution in [0.5, 0.6) is 0 Å². The highest BCUT2D eigenvalue weighted by atomic mass is 14.6. The molecule has 2 fully saturated rings. The van der Waals surface area contributed by atoms with Gasteiger partial charge in [-0.15, -0.1) is 0 Å². The summed E-state index contributed by atoms with van der Waals surface area (Å²) in [5, 5.41) is 0. The molecule has 0 aliphatic heterocycles. The number of rotatable bonds is 3. The average molecular weight is 201 g/mol. The first-order valence-corrected chi connectivity index (χ1v) is 6.32. The SMILES string of the molecule is c1cncc(CC2CC2C2CCCC2)c1. The van der Waals surface area contributed by atoms with Crippen molar-refractivity contribution in [2.24, 2.45) is 17.8 Å². The second kappa shape index (κ2) is 3.96. The summed E-state index contributed by atoms with van der Waals surface area (Å²) in [6.07, 6.45) is 12.6. The lowest BCUT2D eigenvalue weighted by molar-refractivity contribution is 0.447. The molecule has 0 N–H and O–H groups in total. The molecular formula is C14H19N. The van der Waals surface area contributed by atoms with Crippen LogP contribution in [0.15, 0.2) is 24.5 Å². The van der Waals surface area contributed by atoms with Gasteiger partial charge in [0.05, 0.1) is 0 Å². The molecule has 0 aromatic carbocycles. The normalized spacial score (nSPS) is 30.7. The second-order valence-electron chi connectivity index (χ2n) is 5.27. The van der Waals surface area contributed by atoms with Crippen molar-refractivity contribution in [1.82, 2.24) is 4.98 Å². The fourth-order valence-corrected chi connectivity index (χ4v) is 3.29. The number of hydrogen-bond acceptors (Lipinski definition) is 1. The Morgan fingerprint density at radius 2 is 2.13 bits per heavy atom. The van der Waals surface area contributed by atoms with Crippen molar-refractivity contribution in [3.05, 3.63) is 30.1 Å². The highest BCUT2D eigenvalue weighted by Crippen LogP contribution is 2.51. The van der Waals surface area contributed by atoms with Crippen LogP contribution in [0.3, 0.4) is 0 Å². The molecule has 0 spiro atoms. The van der Waals surface area contributed by atoms with Gasteiger partial charge in [-0.2, -0.15) is 0 Å². The van der Waals surface area contributed by atoms with Gasteiger partial charge in [-0.25, -0.2) is 0 Å². The van der Waals surface area contributed by atoms with Crippen molar-refractivity contribution in [2.75, 3.05) is 0 Å². The van der Waals surface area contributed by atoms with E-state index in [1.165, 1.54) is 44.1 Å². The number of pyridine rings is 1. The fourth-order valence-electron chi connectivity index (χ4n) is 3.29. The zero-order chi connectivity index (χ0) is 10.1. The van der Waals surface area contributed by atoms with Crippen molar-refractivity contribution in [3.8, 4) is 0 Å². The maximum absolute atomic E-state index is 4.19. The Morgan fingerprint density at radius 1 is 1.27 bits per heavy atom. The van der Waals surface area contributed by atoms with E-state index in [1.54, 1.807) is 0 Å². The first-order chi connectivity index (χ1) is 7.43. The molecule has 0 bridgehead atoms. The predicted molar refractivity (Wildman–Crippen MR) is 61.5 cm³/mol. The summed E-state index contributed by atoms with van der Waals surface area (Å²) in [6, 6.07) is 4.28. The molecule has 1 nitrogen and oxygen atoms in total. The molecule has 0 amide bonds. The van der Waals surface area contributed by atoms with Gasteiger partial charge < -0.3 is 0 Å².